The molecule has 0 saturated carbocycles. The minimum atomic E-state index is 0.382. The van der Waals surface area contributed by atoms with Gasteiger partial charge in [0.1, 0.15) is 5.52 Å². The third-order valence-corrected chi connectivity index (χ3v) is 2.88. The number of rotatable bonds is 4. The summed E-state index contributed by atoms with van der Waals surface area (Å²) in [5.74, 6) is 0. The molecule has 0 fully saturated rings. The van der Waals surface area contributed by atoms with Gasteiger partial charge in [0.05, 0.1) is 11.4 Å². The number of anilines is 1. The largest absolute Gasteiger partial charge is 0.422 e. The molecule has 3 aromatic rings. The lowest BCUT2D eigenvalue weighted by atomic mass is 10.2. The molecule has 1 aromatic carbocycles. The van der Waals surface area contributed by atoms with Gasteiger partial charge in [-0.05, 0) is 30.7 Å². The molecule has 0 atom stereocenters. The van der Waals surface area contributed by atoms with Crippen LogP contribution >= 0.6 is 0 Å². The lowest BCUT2D eigenvalue weighted by Crippen LogP contribution is -2.05. The van der Waals surface area contributed by atoms with Crippen molar-refractivity contribution >= 4 is 22.8 Å². The van der Waals surface area contributed by atoms with Gasteiger partial charge in [-0.1, -0.05) is 25.1 Å². The number of para-hydroxylation sites is 2. The molecular weight excluding hydrogens is 252 g/mol. The van der Waals surface area contributed by atoms with Gasteiger partial charge in [-0.2, -0.15) is 10.1 Å². The van der Waals surface area contributed by atoms with Gasteiger partial charge in [0.25, 0.3) is 0 Å². The van der Waals surface area contributed by atoms with Crippen LogP contribution in [0.15, 0.2) is 58.2 Å². The maximum atomic E-state index is 5.55. The maximum absolute atomic E-state index is 5.55. The summed E-state index contributed by atoms with van der Waals surface area (Å²) >= 11 is 0. The second-order valence-electron chi connectivity index (χ2n) is 4.23. The van der Waals surface area contributed by atoms with E-state index in [9.17, 15) is 0 Å². The molecule has 0 radical (unpaired) electrons. The number of aromatic nitrogens is 2. The fourth-order valence-corrected chi connectivity index (χ4v) is 1.89. The zero-order valence-electron chi connectivity index (χ0n) is 11.1. The Morgan fingerprint density at radius 1 is 1.20 bits per heavy atom. The van der Waals surface area contributed by atoms with Crippen molar-refractivity contribution in [2.45, 2.75) is 13.3 Å². The highest BCUT2D eigenvalue weighted by Gasteiger charge is 2.05. The normalized spacial score (nSPS) is 11.8. The van der Waals surface area contributed by atoms with E-state index in [1.807, 2.05) is 49.4 Å². The molecule has 1 N–H and O–H groups in total. The maximum Gasteiger partial charge on any atom is 0.316 e. The zero-order chi connectivity index (χ0) is 13.8. The van der Waals surface area contributed by atoms with E-state index in [0.29, 0.717) is 6.01 Å². The van der Waals surface area contributed by atoms with E-state index in [0.717, 1.165) is 28.9 Å². The lowest BCUT2D eigenvalue weighted by molar-refractivity contribution is 0.617. The van der Waals surface area contributed by atoms with Crippen molar-refractivity contribution in [3.05, 3.63) is 54.4 Å². The molecule has 3 rings (SSSR count). The Morgan fingerprint density at radius 2 is 2.05 bits per heavy atom. The van der Waals surface area contributed by atoms with Crippen molar-refractivity contribution in [1.82, 2.24) is 9.97 Å². The van der Waals surface area contributed by atoms with E-state index in [4.69, 9.17) is 4.42 Å². The predicted octanol–water partition coefficient (Wildman–Crippen LogP) is 3.45. The predicted molar refractivity (Wildman–Crippen MR) is 78.7 cm³/mol. The average molecular weight is 266 g/mol. The standard InChI is InChI=1S/C15H14N4O/c1-2-11(12-7-5-6-10-16-12)18-19-15-17-13-8-3-4-9-14(13)20-15/h3-10H,2H2,1H3,(H,17,19). The molecule has 0 aliphatic carbocycles. The molecule has 2 aromatic heterocycles. The summed E-state index contributed by atoms with van der Waals surface area (Å²) in [5, 5.41) is 4.33. The fourth-order valence-electron chi connectivity index (χ4n) is 1.89. The Morgan fingerprint density at radius 3 is 2.80 bits per heavy atom. The molecule has 0 spiro atoms. The molecule has 5 nitrogen and oxygen atoms in total. The number of fused-ring (bicyclic) bond motifs is 1. The van der Waals surface area contributed by atoms with Gasteiger partial charge in [0, 0.05) is 6.20 Å². The topological polar surface area (TPSA) is 63.3 Å². The van der Waals surface area contributed by atoms with Gasteiger partial charge >= 0.3 is 6.01 Å². The molecule has 20 heavy (non-hydrogen) atoms. The summed E-state index contributed by atoms with van der Waals surface area (Å²) < 4.78 is 5.55. The zero-order valence-corrected chi connectivity index (χ0v) is 11.1. The Labute approximate surface area is 116 Å². The van der Waals surface area contributed by atoms with Gasteiger partial charge in [-0.25, -0.2) is 5.43 Å². The monoisotopic (exact) mass is 266 g/mol. The van der Waals surface area contributed by atoms with Crippen LogP contribution in [0.25, 0.3) is 11.1 Å². The average Bonchev–Trinajstić information content (AvgIpc) is 2.92. The summed E-state index contributed by atoms with van der Waals surface area (Å²) in [5.41, 5.74) is 6.10. The van der Waals surface area contributed by atoms with Gasteiger partial charge in [0.2, 0.25) is 0 Å². The third kappa shape index (κ3) is 2.51. The molecule has 0 aliphatic heterocycles. The first-order valence-electron chi connectivity index (χ1n) is 6.46. The number of nitrogens with one attached hydrogen (secondary N) is 1. The van der Waals surface area contributed by atoms with Crippen LogP contribution in [0.2, 0.25) is 0 Å². The molecule has 0 aliphatic rings. The first-order chi connectivity index (χ1) is 9.86. The number of oxazole rings is 1. The number of nitrogens with zero attached hydrogens (tertiary/aromatic N) is 3. The molecule has 0 unspecified atom stereocenters. The van der Waals surface area contributed by atoms with E-state index < -0.39 is 0 Å². The first kappa shape index (κ1) is 12.3. The van der Waals surface area contributed by atoms with Gasteiger partial charge < -0.3 is 4.42 Å². The SMILES string of the molecule is CCC(=NNc1nc2ccccc2o1)c1ccccn1. The van der Waals surface area contributed by atoms with Crippen molar-refractivity contribution < 1.29 is 4.42 Å². The van der Waals surface area contributed by atoms with Crippen LogP contribution in [0.5, 0.6) is 0 Å². The Bertz CT molecular complexity index is 701. The van der Waals surface area contributed by atoms with Crippen molar-refractivity contribution in [2.24, 2.45) is 5.10 Å². The van der Waals surface area contributed by atoms with Crippen LogP contribution in [0.3, 0.4) is 0 Å². The molecule has 2 heterocycles. The van der Waals surface area contributed by atoms with Crippen LogP contribution in [-0.2, 0) is 0 Å². The lowest BCUT2D eigenvalue weighted by Gasteiger charge is -2.02. The Hall–Kier alpha value is -2.69. The molecule has 0 amide bonds. The van der Waals surface area contributed by atoms with Gasteiger partial charge in [-0.15, -0.1) is 0 Å². The summed E-state index contributed by atoms with van der Waals surface area (Å²) in [7, 11) is 0. The van der Waals surface area contributed by atoms with E-state index in [1.165, 1.54) is 0 Å². The molecule has 0 bridgehead atoms. The van der Waals surface area contributed by atoms with Crippen LogP contribution in [0.1, 0.15) is 19.0 Å². The molecule has 0 saturated heterocycles. The highest BCUT2D eigenvalue weighted by atomic mass is 16.4. The number of hydrazone groups is 1. The summed E-state index contributed by atoms with van der Waals surface area (Å²) in [6.07, 6.45) is 2.52. The van der Waals surface area contributed by atoms with E-state index in [-0.39, 0.29) is 0 Å². The van der Waals surface area contributed by atoms with Crippen LogP contribution in [-0.4, -0.2) is 15.7 Å². The fraction of sp³-hybridized carbons (Fsp3) is 0.133. The minimum Gasteiger partial charge on any atom is -0.422 e. The second-order valence-corrected chi connectivity index (χ2v) is 4.23. The first-order valence-corrected chi connectivity index (χ1v) is 6.46. The summed E-state index contributed by atoms with van der Waals surface area (Å²) in [6, 6.07) is 13.7. The van der Waals surface area contributed by atoms with Crippen molar-refractivity contribution in [1.29, 1.82) is 0 Å². The van der Waals surface area contributed by atoms with Gasteiger partial charge in [0.15, 0.2) is 5.58 Å². The van der Waals surface area contributed by atoms with E-state index >= 15 is 0 Å². The summed E-state index contributed by atoms with van der Waals surface area (Å²) in [6.45, 7) is 2.03. The quantitative estimate of drug-likeness (QED) is 0.580. The number of benzene rings is 1. The highest BCUT2D eigenvalue weighted by molar-refractivity contribution is 5.99. The van der Waals surface area contributed by atoms with E-state index in [1.54, 1.807) is 6.20 Å². The van der Waals surface area contributed by atoms with Crippen molar-refractivity contribution in [3.63, 3.8) is 0 Å². The smallest absolute Gasteiger partial charge is 0.316 e. The highest BCUT2D eigenvalue weighted by Crippen LogP contribution is 2.18. The Kier molecular flexibility index (Phi) is 3.41. The molecule has 5 heteroatoms. The number of hydrogen-bond acceptors (Lipinski definition) is 5. The van der Waals surface area contributed by atoms with Crippen LogP contribution < -0.4 is 5.43 Å². The minimum absolute atomic E-state index is 0.382. The Balaban J connectivity index is 1.84. The number of pyridine rings is 1. The summed E-state index contributed by atoms with van der Waals surface area (Å²) in [4.78, 5) is 8.59. The number of hydrogen-bond donors (Lipinski definition) is 1. The van der Waals surface area contributed by atoms with E-state index in [2.05, 4.69) is 20.5 Å². The van der Waals surface area contributed by atoms with Crippen molar-refractivity contribution in [3.8, 4) is 0 Å². The van der Waals surface area contributed by atoms with Crippen LogP contribution in [0, 0.1) is 0 Å². The third-order valence-electron chi connectivity index (χ3n) is 2.88. The molecule has 100 valence electrons. The van der Waals surface area contributed by atoms with Gasteiger partial charge in [-0.3, -0.25) is 4.98 Å². The van der Waals surface area contributed by atoms with Crippen molar-refractivity contribution in [2.75, 3.05) is 5.43 Å². The van der Waals surface area contributed by atoms with Crippen LogP contribution in [0.4, 0.5) is 6.01 Å². The molecular formula is C15H14N4O. The second kappa shape index (κ2) is 5.52.